The van der Waals surface area contributed by atoms with Crippen LogP contribution in [0.25, 0.3) is 0 Å². The molecule has 2 N–H and O–H groups in total. The molecule has 0 amide bonds. The van der Waals surface area contributed by atoms with Gasteiger partial charge in [0, 0.05) is 12.7 Å². The van der Waals surface area contributed by atoms with E-state index in [1.54, 1.807) is 12.1 Å². The fourth-order valence-corrected chi connectivity index (χ4v) is 2.33. The van der Waals surface area contributed by atoms with Crippen molar-refractivity contribution >= 4 is 11.8 Å². The Labute approximate surface area is 101 Å². The maximum Gasteiger partial charge on any atom is 0.337 e. The van der Waals surface area contributed by atoms with Crippen LogP contribution in [0.15, 0.2) is 18.3 Å². The van der Waals surface area contributed by atoms with Gasteiger partial charge in [-0.05, 0) is 24.5 Å². The number of anilines is 1. The molecule has 1 aliphatic rings. The van der Waals surface area contributed by atoms with Crippen molar-refractivity contribution < 1.29 is 9.90 Å². The van der Waals surface area contributed by atoms with Crippen LogP contribution in [0.3, 0.4) is 0 Å². The number of aromatic carboxylic acids is 1. The Hall–Kier alpha value is -1.58. The quantitative estimate of drug-likeness (QED) is 0.822. The number of hydrogen-bond donors (Lipinski definition) is 2. The summed E-state index contributed by atoms with van der Waals surface area (Å²) < 4.78 is 0. The van der Waals surface area contributed by atoms with Crippen molar-refractivity contribution in [3.05, 3.63) is 23.9 Å². The molecule has 1 aliphatic carbocycles. The summed E-state index contributed by atoms with van der Waals surface area (Å²) in [6.45, 7) is 0.921. The van der Waals surface area contributed by atoms with Gasteiger partial charge in [-0.15, -0.1) is 0 Å². The minimum atomic E-state index is -0.935. The number of rotatable bonds is 5. The van der Waals surface area contributed by atoms with Crippen LogP contribution in [0, 0.1) is 5.92 Å². The van der Waals surface area contributed by atoms with Crippen molar-refractivity contribution in [2.75, 3.05) is 11.9 Å². The lowest BCUT2D eigenvalue weighted by Gasteiger charge is -2.10. The average molecular weight is 234 g/mol. The van der Waals surface area contributed by atoms with Crippen LogP contribution in [0.4, 0.5) is 5.82 Å². The summed E-state index contributed by atoms with van der Waals surface area (Å²) in [4.78, 5) is 14.7. The molecule has 0 aromatic carbocycles. The SMILES string of the molecule is O=C(O)c1ccc(NCCC2CCCC2)nc1. The summed E-state index contributed by atoms with van der Waals surface area (Å²) in [5.74, 6) is 0.684. The number of carboxylic acids is 1. The Morgan fingerprint density at radius 1 is 1.41 bits per heavy atom. The van der Waals surface area contributed by atoms with Crippen LogP contribution in [0.2, 0.25) is 0 Å². The monoisotopic (exact) mass is 234 g/mol. The van der Waals surface area contributed by atoms with Crippen molar-refractivity contribution in [2.45, 2.75) is 32.1 Å². The van der Waals surface area contributed by atoms with Crippen molar-refractivity contribution in [2.24, 2.45) is 5.92 Å². The van der Waals surface area contributed by atoms with Crippen LogP contribution < -0.4 is 5.32 Å². The standard InChI is InChI=1S/C13H18N2O2/c16-13(17)11-5-6-12(15-9-11)14-8-7-10-3-1-2-4-10/h5-6,9-10H,1-4,7-8H2,(H,14,15)(H,16,17). The molecule has 1 saturated carbocycles. The lowest BCUT2D eigenvalue weighted by atomic mass is 10.0. The zero-order valence-electron chi connectivity index (χ0n) is 9.85. The normalized spacial score (nSPS) is 16.0. The maximum atomic E-state index is 10.6. The average Bonchev–Trinajstić information content (AvgIpc) is 2.83. The molecule has 1 heterocycles. The predicted molar refractivity (Wildman–Crippen MR) is 66.3 cm³/mol. The third-order valence-corrected chi connectivity index (χ3v) is 3.34. The summed E-state index contributed by atoms with van der Waals surface area (Å²) >= 11 is 0. The lowest BCUT2D eigenvalue weighted by Crippen LogP contribution is -2.08. The number of pyridine rings is 1. The van der Waals surface area contributed by atoms with Crippen LogP contribution in [0.5, 0.6) is 0 Å². The minimum absolute atomic E-state index is 0.228. The van der Waals surface area contributed by atoms with Crippen LogP contribution in [0.1, 0.15) is 42.5 Å². The molecule has 0 spiro atoms. The van der Waals surface area contributed by atoms with Gasteiger partial charge in [0.05, 0.1) is 5.56 Å². The first-order chi connectivity index (χ1) is 8.25. The van der Waals surface area contributed by atoms with Crippen molar-refractivity contribution in [3.63, 3.8) is 0 Å². The Balaban J connectivity index is 1.76. The third-order valence-electron chi connectivity index (χ3n) is 3.34. The van der Waals surface area contributed by atoms with Gasteiger partial charge in [0.15, 0.2) is 0 Å². The first kappa shape index (κ1) is 11.9. The number of hydrogen-bond acceptors (Lipinski definition) is 3. The van der Waals surface area contributed by atoms with Gasteiger partial charge >= 0.3 is 5.97 Å². The number of aromatic nitrogens is 1. The number of nitrogens with zero attached hydrogens (tertiary/aromatic N) is 1. The molecule has 2 rings (SSSR count). The van der Waals surface area contributed by atoms with Gasteiger partial charge in [0.1, 0.15) is 5.82 Å². The van der Waals surface area contributed by atoms with Gasteiger partial charge in [-0.2, -0.15) is 0 Å². The summed E-state index contributed by atoms with van der Waals surface area (Å²) in [5, 5.41) is 12.0. The molecule has 0 aliphatic heterocycles. The molecule has 1 aromatic rings. The molecule has 0 saturated heterocycles. The van der Waals surface area contributed by atoms with E-state index >= 15 is 0 Å². The highest BCUT2D eigenvalue weighted by atomic mass is 16.4. The van der Waals surface area contributed by atoms with E-state index in [1.165, 1.54) is 38.3 Å². The van der Waals surface area contributed by atoms with E-state index in [1.807, 2.05) is 0 Å². The molecule has 1 aromatic heterocycles. The summed E-state index contributed by atoms with van der Waals surface area (Å²) in [6.07, 6.45) is 8.02. The van der Waals surface area contributed by atoms with Crippen LogP contribution >= 0.6 is 0 Å². The van der Waals surface area contributed by atoms with E-state index in [2.05, 4.69) is 10.3 Å². The topological polar surface area (TPSA) is 62.2 Å². The van der Waals surface area contributed by atoms with Gasteiger partial charge in [0.2, 0.25) is 0 Å². The van der Waals surface area contributed by atoms with Crippen molar-refractivity contribution in [1.29, 1.82) is 0 Å². The molecule has 17 heavy (non-hydrogen) atoms. The molecule has 1 fully saturated rings. The molecule has 92 valence electrons. The third kappa shape index (κ3) is 3.44. The fraction of sp³-hybridized carbons (Fsp3) is 0.538. The molecule has 0 atom stereocenters. The largest absolute Gasteiger partial charge is 0.478 e. The summed E-state index contributed by atoms with van der Waals surface area (Å²) in [6, 6.07) is 3.30. The highest BCUT2D eigenvalue weighted by molar-refractivity contribution is 5.87. The van der Waals surface area contributed by atoms with E-state index in [4.69, 9.17) is 5.11 Å². The summed E-state index contributed by atoms with van der Waals surface area (Å²) in [5.41, 5.74) is 0.228. The molecule has 4 heteroatoms. The van der Waals surface area contributed by atoms with Gasteiger partial charge < -0.3 is 10.4 Å². The molecule has 0 unspecified atom stereocenters. The second kappa shape index (κ2) is 5.66. The van der Waals surface area contributed by atoms with Gasteiger partial charge in [0.25, 0.3) is 0 Å². The van der Waals surface area contributed by atoms with E-state index in [0.717, 1.165) is 18.3 Å². The first-order valence-electron chi connectivity index (χ1n) is 6.19. The minimum Gasteiger partial charge on any atom is -0.478 e. The second-order valence-corrected chi connectivity index (χ2v) is 4.60. The van der Waals surface area contributed by atoms with Gasteiger partial charge in [-0.25, -0.2) is 9.78 Å². The number of carbonyl (C=O) groups is 1. The molecule has 0 bridgehead atoms. The number of carboxylic acid groups (broad SMARTS) is 1. The Kier molecular flexibility index (Phi) is 3.96. The van der Waals surface area contributed by atoms with E-state index in [9.17, 15) is 4.79 Å². The second-order valence-electron chi connectivity index (χ2n) is 4.60. The van der Waals surface area contributed by atoms with E-state index in [-0.39, 0.29) is 5.56 Å². The number of nitrogens with one attached hydrogen (secondary N) is 1. The summed E-state index contributed by atoms with van der Waals surface area (Å²) in [7, 11) is 0. The predicted octanol–water partition coefficient (Wildman–Crippen LogP) is 2.77. The van der Waals surface area contributed by atoms with E-state index < -0.39 is 5.97 Å². The maximum absolute atomic E-state index is 10.6. The molecule has 0 radical (unpaired) electrons. The Morgan fingerprint density at radius 3 is 2.76 bits per heavy atom. The van der Waals surface area contributed by atoms with Crippen LogP contribution in [-0.2, 0) is 0 Å². The molecule has 4 nitrogen and oxygen atoms in total. The molecular formula is C13H18N2O2. The lowest BCUT2D eigenvalue weighted by molar-refractivity contribution is 0.0696. The van der Waals surface area contributed by atoms with E-state index in [0.29, 0.717) is 0 Å². The Morgan fingerprint density at radius 2 is 2.18 bits per heavy atom. The van der Waals surface area contributed by atoms with Crippen LogP contribution in [-0.4, -0.2) is 22.6 Å². The first-order valence-corrected chi connectivity index (χ1v) is 6.19. The highest BCUT2D eigenvalue weighted by Crippen LogP contribution is 2.27. The zero-order chi connectivity index (χ0) is 12.1. The fourth-order valence-electron chi connectivity index (χ4n) is 2.33. The Bertz CT molecular complexity index is 370. The van der Waals surface area contributed by atoms with Crippen molar-refractivity contribution in [1.82, 2.24) is 4.98 Å². The molecular weight excluding hydrogens is 216 g/mol. The zero-order valence-corrected chi connectivity index (χ0v) is 9.85. The van der Waals surface area contributed by atoms with Gasteiger partial charge in [-0.3, -0.25) is 0 Å². The van der Waals surface area contributed by atoms with Crippen molar-refractivity contribution in [3.8, 4) is 0 Å². The smallest absolute Gasteiger partial charge is 0.337 e. The highest BCUT2D eigenvalue weighted by Gasteiger charge is 2.14. The van der Waals surface area contributed by atoms with Gasteiger partial charge in [-0.1, -0.05) is 25.7 Å².